The number of nitrogens with one attached hydrogen (secondary N) is 1. The molecule has 5 heteroatoms. The number of para-hydroxylation sites is 1. The lowest BCUT2D eigenvalue weighted by atomic mass is 10.2. The number of halogens is 1. The van der Waals surface area contributed by atoms with Crippen molar-refractivity contribution in [3.63, 3.8) is 0 Å². The molecule has 0 saturated heterocycles. The summed E-state index contributed by atoms with van der Waals surface area (Å²) < 4.78 is 5.20. The Morgan fingerprint density at radius 2 is 2.16 bits per heavy atom. The lowest BCUT2D eigenvalue weighted by Crippen LogP contribution is -2.31. The fourth-order valence-corrected chi connectivity index (χ4v) is 1.97. The van der Waals surface area contributed by atoms with Crippen molar-refractivity contribution in [1.29, 1.82) is 0 Å². The molecule has 0 atom stereocenters. The van der Waals surface area contributed by atoms with E-state index in [-0.39, 0.29) is 6.03 Å². The van der Waals surface area contributed by atoms with Gasteiger partial charge < -0.3 is 14.6 Å². The number of hydrogen-bond donors (Lipinski definition) is 1. The molecule has 0 radical (unpaired) electrons. The molecule has 4 nitrogen and oxygen atoms in total. The van der Waals surface area contributed by atoms with Crippen LogP contribution in [0.1, 0.15) is 11.3 Å². The molecule has 0 aliphatic rings. The molecule has 1 heterocycles. The van der Waals surface area contributed by atoms with Crippen molar-refractivity contribution in [2.75, 3.05) is 12.4 Å². The number of urea groups is 1. The fraction of sp³-hybridized carbons (Fsp3) is 0.214. The summed E-state index contributed by atoms with van der Waals surface area (Å²) in [4.78, 5) is 13.6. The van der Waals surface area contributed by atoms with Gasteiger partial charge in [0.1, 0.15) is 5.76 Å². The summed E-state index contributed by atoms with van der Waals surface area (Å²) in [5.74, 6) is 0.730. The molecule has 0 aliphatic heterocycles. The van der Waals surface area contributed by atoms with E-state index in [1.807, 2.05) is 25.1 Å². The maximum Gasteiger partial charge on any atom is 0.322 e. The number of rotatable bonds is 3. The van der Waals surface area contributed by atoms with Crippen LogP contribution in [0.25, 0.3) is 0 Å². The second-order valence-electron chi connectivity index (χ2n) is 4.30. The van der Waals surface area contributed by atoms with Crippen LogP contribution in [0.15, 0.2) is 41.0 Å². The van der Waals surface area contributed by atoms with Crippen molar-refractivity contribution in [2.45, 2.75) is 13.5 Å². The normalized spacial score (nSPS) is 10.3. The highest BCUT2D eigenvalue weighted by atomic mass is 35.5. The van der Waals surface area contributed by atoms with Gasteiger partial charge in [0.2, 0.25) is 0 Å². The number of carbonyl (C=O) groups excluding carboxylic acids is 1. The molecule has 19 heavy (non-hydrogen) atoms. The van der Waals surface area contributed by atoms with E-state index in [1.165, 1.54) is 4.90 Å². The van der Waals surface area contributed by atoms with E-state index in [2.05, 4.69) is 5.32 Å². The van der Waals surface area contributed by atoms with E-state index in [0.717, 1.165) is 11.3 Å². The van der Waals surface area contributed by atoms with Gasteiger partial charge in [-0.05, 0) is 30.7 Å². The minimum absolute atomic E-state index is 0.229. The molecule has 0 unspecified atom stereocenters. The molecule has 1 aromatic carbocycles. The quantitative estimate of drug-likeness (QED) is 0.925. The highest BCUT2D eigenvalue weighted by Crippen LogP contribution is 2.25. The molecule has 2 aromatic rings. The zero-order valence-electron chi connectivity index (χ0n) is 10.8. The maximum atomic E-state index is 12.1. The van der Waals surface area contributed by atoms with Gasteiger partial charge in [-0.2, -0.15) is 0 Å². The van der Waals surface area contributed by atoms with Crippen molar-refractivity contribution in [1.82, 2.24) is 4.90 Å². The van der Waals surface area contributed by atoms with Gasteiger partial charge in [0.25, 0.3) is 0 Å². The zero-order chi connectivity index (χ0) is 13.8. The average molecular weight is 279 g/mol. The third-order valence-electron chi connectivity index (χ3n) is 2.77. The lowest BCUT2D eigenvalue weighted by Gasteiger charge is -2.18. The zero-order valence-corrected chi connectivity index (χ0v) is 11.6. The van der Waals surface area contributed by atoms with Gasteiger partial charge in [0.15, 0.2) is 0 Å². The molecular weight excluding hydrogens is 264 g/mol. The molecule has 2 rings (SSSR count). The Labute approximate surface area is 117 Å². The number of hydrogen-bond acceptors (Lipinski definition) is 2. The number of furan rings is 1. The van der Waals surface area contributed by atoms with Crippen molar-refractivity contribution >= 4 is 23.3 Å². The molecular formula is C14H15ClN2O2. The third kappa shape index (κ3) is 3.29. The molecule has 0 bridgehead atoms. The van der Waals surface area contributed by atoms with Crippen LogP contribution in [-0.2, 0) is 6.54 Å². The number of anilines is 1. The van der Waals surface area contributed by atoms with E-state index >= 15 is 0 Å². The summed E-state index contributed by atoms with van der Waals surface area (Å²) in [6, 6.07) is 8.88. The number of amides is 2. The number of nitrogens with zero attached hydrogens (tertiary/aromatic N) is 1. The van der Waals surface area contributed by atoms with Gasteiger partial charge in [0, 0.05) is 7.05 Å². The third-order valence-corrected chi connectivity index (χ3v) is 3.09. The molecule has 100 valence electrons. The van der Waals surface area contributed by atoms with Crippen LogP contribution in [0, 0.1) is 6.92 Å². The van der Waals surface area contributed by atoms with Crippen LogP contribution in [0.2, 0.25) is 5.02 Å². The van der Waals surface area contributed by atoms with Crippen LogP contribution < -0.4 is 5.32 Å². The Kier molecular flexibility index (Phi) is 4.12. The first-order valence-electron chi connectivity index (χ1n) is 5.87. The lowest BCUT2D eigenvalue weighted by molar-refractivity contribution is 0.217. The largest absolute Gasteiger partial charge is 0.467 e. The summed E-state index contributed by atoms with van der Waals surface area (Å²) in [6.45, 7) is 2.30. The van der Waals surface area contributed by atoms with Crippen LogP contribution >= 0.6 is 11.6 Å². The molecule has 0 aliphatic carbocycles. The number of carbonyl (C=O) groups is 1. The Morgan fingerprint density at radius 3 is 2.79 bits per heavy atom. The maximum absolute atomic E-state index is 12.1. The Bertz CT molecular complexity index is 547. The Balaban J connectivity index is 2.04. The summed E-state index contributed by atoms with van der Waals surface area (Å²) in [6.07, 6.45) is 1.58. The molecule has 1 aromatic heterocycles. The first-order valence-corrected chi connectivity index (χ1v) is 6.25. The van der Waals surface area contributed by atoms with Crippen molar-refractivity contribution in [3.05, 3.63) is 52.9 Å². The molecule has 0 fully saturated rings. The minimum Gasteiger partial charge on any atom is -0.467 e. The van der Waals surface area contributed by atoms with Crippen molar-refractivity contribution in [2.24, 2.45) is 0 Å². The average Bonchev–Trinajstić information content (AvgIpc) is 2.86. The summed E-state index contributed by atoms with van der Waals surface area (Å²) in [5, 5.41) is 3.33. The fourth-order valence-electron chi connectivity index (χ4n) is 1.70. The number of benzene rings is 1. The van der Waals surface area contributed by atoms with E-state index in [4.69, 9.17) is 16.0 Å². The second kappa shape index (κ2) is 5.80. The first kappa shape index (κ1) is 13.5. The summed E-state index contributed by atoms with van der Waals surface area (Å²) >= 11 is 6.07. The van der Waals surface area contributed by atoms with Gasteiger partial charge in [0.05, 0.1) is 23.5 Å². The predicted octanol–water partition coefficient (Wildman–Crippen LogP) is 3.91. The van der Waals surface area contributed by atoms with Gasteiger partial charge in [-0.15, -0.1) is 0 Å². The van der Waals surface area contributed by atoms with Crippen LogP contribution in [0.5, 0.6) is 0 Å². The standard InChI is InChI=1S/C14H15ClN2O2/c1-10-5-3-7-12(15)13(10)16-14(18)17(2)9-11-6-4-8-19-11/h3-8H,9H2,1-2H3,(H,16,18). The van der Waals surface area contributed by atoms with E-state index in [9.17, 15) is 4.79 Å². The summed E-state index contributed by atoms with van der Waals surface area (Å²) in [7, 11) is 1.70. The molecule has 1 N–H and O–H groups in total. The first-order chi connectivity index (χ1) is 9.08. The van der Waals surface area contributed by atoms with Gasteiger partial charge in [-0.1, -0.05) is 23.7 Å². The smallest absolute Gasteiger partial charge is 0.322 e. The van der Waals surface area contributed by atoms with Crippen molar-refractivity contribution in [3.8, 4) is 0 Å². The molecule has 2 amide bonds. The Morgan fingerprint density at radius 1 is 1.37 bits per heavy atom. The monoisotopic (exact) mass is 278 g/mol. The highest BCUT2D eigenvalue weighted by molar-refractivity contribution is 6.33. The van der Waals surface area contributed by atoms with Gasteiger partial charge >= 0.3 is 6.03 Å². The summed E-state index contributed by atoms with van der Waals surface area (Å²) in [5.41, 5.74) is 1.56. The SMILES string of the molecule is Cc1cccc(Cl)c1NC(=O)N(C)Cc1ccco1. The van der Waals surface area contributed by atoms with E-state index < -0.39 is 0 Å². The molecule has 0 saturated carbocycles. The van der Waals surface area contributed by atoms with Gasteiger partial charge in [-0.3, -0.25) is 0 Å². The Hall–Kier alpha value is -1.94. The van der Waals surface area contributed by atoms with Gasteiger partial charge in [-0.25, -0.2) is 4.79 Å². The number of aryl methyl sites for hydroxylation is 1. The van der Waals surface area contributed by atoms with E-state index in [1.54, 1.807) is 25.4 Å². The van der Waals surface area contributed by atoms with Crippen LogP contribution in [0.3, 0.4) is 0 Å². The van der Waals surface area contributed by atoms with Crippen LogP contribution in [-0.4, -0.2) is 18.0 Å². The highest BCUT2D eigenvalue weighted by Gasteiger charge is 2.13. The van der Waals surface area contributed by atoms with E-state index in [0.29, 0.717) is 17.3 Å². The predicted molar refractivity (Wildman–Crippen MR) is 75.4 cm³/mol. The minimum atomic E-state index is -0.229. The van der Waals surface area contributed by atoms with Crippen molar-refractivity contribution < 1.29 is 9.21 Å². The van der Waals surface area contributed by atoms with Crippen LogP contribution in [0.4, 0.5) is 10.5 Å². The molecule has 0 spiro atoms. The topological polar surface area (TPSA) is 45.5 Å². The second-order valence-corrected chi connectivity index (χ2v) is 4.70.